The molecule has 0 unspecified atom stereocenters. The Morgan fingerprint density at radius 2 is 1.70 bits per heavy atom. The van der Waals surface area contributed by atoms with E-state index in [2.05, 4.69) is 0 Å². The van der Waals surface area contributed by atoms with Crippen molar-refractivity contribution >= 4 is 21.4 Å². The quantitative estimate of drug-likeness (QED) is 0.597. The Bertz CT molecular complexity index is 1060. The van der Waals surface area contributed by atoms with Crippen LogP contribution >= 0.6 is 11.6 Å². The number of benzene rings is 2. The van der Waals surface area contributed by atoms with E-state index in [0.29, 0.717) is 5.02 Å². The van der Waals surface area contributed by atoms with Gasteiger partial charge in [0.2, 0.25) is 11.2 Å². The molecule has 3 aromatic rings. The zero-order valence-corrected chi connectivity index (χ0v) is 15.9. The molecule has 3 rings (SSSR count). The lowest BCUT2D eigenvalue weighted by Crippen LogP contribution is -2.12. The van der Waals surface area contributed by atoms with Gasteiger partial charge in [-0.05, 0) is 29.8 Å². The molecule has 27 heavy (non-hydrogen) atoms. The second-order valence-corrected chi connectivity index (χ2v) is 8.42. The molecular weight excluding hydrogens is 388 g/mol. The smallest absolute Gasteiger partial charge is 0.226 e. The molecule has 140 valence electrons. The van der Waals surface area contributed by atoms with Gasteiger partial charge in [-0.3, -0.25) is 4.79 Å². The fourth-order valence-corrected chi connectivity index (χ4v) is 3.79. The number of sulfone groups is 1. The molecule has 0 N–H and O–H groups in total. The third-order valence-corrected chi connectivity index (χ3v) is 5.86. The van der Waals surface area contributed by atoms with Crippen molar-refractivity contribution in [2.45, 2.75) is 17.9 Å². The first-order chi connectivity index (χ1) is 12.9. The van der Waals surface area contributed by atoms with E-state index >= 15 is 0 Å². The van der Waals surface area contributed by atoms with E-state index in [1.165, 1.54) is 36.6 Å². The molecule has 0 aliphatic carbocycles. The summed E-state index contributed by atoms with van der Waals surface area (Å²) in [7, 11) is -3.50. The summed E-state index contributed by atoms with van der Waals surface area (Å²) in [6, 6.07) is 16.6. The summed E-state index contributed by atoms with van der Waals surface area (Å²) in [5.41, 5.74) is 0.575. The van der Waals surface area contributed by atoms with E-state index < -0.39 is 9.84 Å². The zero-order valence-electron chi connectivity index (χ0n) is 14.3. The average Bonchev–Trinajstić information content (AvgIpc) is 2.67. The number of halogens is 1. The van der Waals surface area contributed by atoms with Crippen molar-refractivity contribution in [3.05, 3.63) is 93.5 Å². The Morgan fingerprint density at radius 3 is 2.37 bits per heavy atom. The molecule has 0 saturated heterocycles. The molecule has 5 nitrogen and oxygen atoms in total. The number of ether oxygens (including phenoxy) is 1. The maximum absolute atomic E-state index is 12.3. The van der Waals surface area contributed by atoms with Crippen LogP contribution in [0.2, 0.25) is 5.02 Å². The van der Waals surface area contributed by atoms with Crippen molar-refractivity contribution in [3.63, 3.8) is 0 Å². The van der Waals surface area contributed by atoms with Gasteiger partial charge < -0.3 is 9.15 Å². The van der Waals surface area contributed by atoms with Crippen LogP contribution in [0.5, 0.6) is 5.75 Å². The van der Waals surface area contributed by atoms with E-state index in [1.807, 2.05) is 30.3 Å². The maximum atomic E-state index is 12.3. The van der Waals surface area contributed by atoms with Crippen molar-refractivity contribution in [1.82, 2.24) is 0 Å². The minimum atomic E-state index is -3.50. The van der Waals surface area contributed by atoms with Gasteiger partial charge in [0.05, 0.1) is 10.6 Å². The summed E-state index contributed by atoms with van der Waals surface area (Å²) in [6.07, 6.45) is 1.30. The summed E-state index contributed by atoms with van der Waals surface area (Å²) in [5, 5.41) is 0.464. The van der Waals surface area contributed by atoms with Gasteiger partial charge in [0.25, 0.3) is 0 Å². The molecule has 0 aliphatic rings. The van der Waals surface area contributed by atoms with Crippen LogP contribution < -0.4 is 10.2 Å². The van der Waals surface area contributed by atoms with Crippen LogP contribution in [0.4, 0.5) is 0 Å². The van der Waals surface area contributed by atoms with Gasteiger partial charge in [0.15, 0.2) is 9.84 Å². The van der Waals surface area contributed by atoms with Gasteiger partial charge in [0.1, 0.15) is 18.6 Å². The lowest BCUT2D eigenvalue weighted by Gasteiger charge is -2.07. The van der Waals surface area contributed by atoms with Crippen LogP contribution in [0.15, 0.2) is 81.0 Å². The van der Waals surface area contributed by atoms with Crippen molar-refractivity contribution in [2.24, 2.45) is 0 Å². The summed E-state index contributed by atoms with van der Waals surface area (Å²) in [6.45, 7) is 0.246. The van der Waals surface area contributed by atoms with Crippen molar-refractivity contribution in [1.29, 1.82) is 0 Å². The van der Waals surface area contributed by atoms with Gasteiger partial charge in [-0.15, -0.1) is 0 Å². The predicted octanol–water partition coefficient (Wildman–Crippen LogP) is 3.89. The monoisotopic (exact) mass is 404 g/mol. The SMILES string of the molecule is O=c1cc(CCS(=O)(=O)c2ccc(Cl)cc2)occ1OCc1ccccc1. The van der Waals surface area contributed by atoms with Gasteiger partial charge in [-0.25, -0.2) is 8.42 Å². The highest BCUT2D eigenvalue weighted by atomic mass is 35.5. The average molecular weight is 405 g/mol. The molecule has 0 radical (unpaired) electrons. The molecule has 0 spiro atoms. The molecule has 1 heterocycles. The first-order valence-electron chi connectivity index (χ1n) is 8.21. The molecule has 0 bridgehead atoms. The van der Waals surface area contributed by atoms with E-state index in [1.54, 1.807) is 0 Å². The summed E-state index contributed by atoms with van der Waals surface area (Å²) < 4.78 is 35.5. The first kappa shape index (κ1) is 19.2. The lowest BCUT2D eigenvalue weighted by molar-refractivity contribution is 0.290. The lowest BCUT2D eigenvalue weighted by atomic mass is 10.2. The first-order valence-corrected chi connectivity index (χ1v) is 10.2. The van der Waals surface area contributed by atoms with Crippen LogP contribution in [0.3, 0.4) is 0 Å². The Balaban J connectivity index is 1.63. The van der Waals surface area contributed by atoms with Crippen LogP contribution in [0.1, 0.15) is 11.3 Å². The molecule has 0 aliphatic heterocycles. The van der Waals surface area contributed by atoms with E-state index in [-0.39, 0.29) is 40.6 Å². The Labute approximate surface area is 162 Å². The fraction of sp³-hybridized carbons (Fsp3) is 0.150. The van der Waals surface area contributed by atoms with Gasteiger partial charge in [-0.2, -0.15) is 0 Å². The second kappa shape index (κ2) is 8.41. The largest absolute Gasteiger partial charge is 0.482 e. The van der Waals surface area contributed by atoms with Crippen LogP contribution in [-0.4, -0.2) is 14.2 Å². The van der Waals surface area contributed by atoms with Gasteiger partial charge >= 0.3 is 0 Å². The van der Waals surface area contributed by atoms with E-state index in [4.69, 9.17) is 20.8 Å². The van der Waals surface area contributed by atoms with Crippen LogP contribution in [-0.2, 0) is 22.9 Å². The number of hydrogen-bond acceptors (Lipinski definition) is 5. The Hall–Kier alpha value is -2.57. The Morgan fingerprint density at radius 1 is 1.00 bits per heavy atom. The molecule has 2 aromatic carbocycles. The Kier molecular flexibility index (Phi) is 5.98. The van der Waals surface area contributed by atoms with Gasteiger partial charge in [0, 0.05) is 17.5 Å². The molecule has 0 amide bonds. The minimum absolute atomic E-state index is 0.0825. The van der Waals surface area contributed by atoms with E-state index in [0.717, 1.165) is 5.56 Å². The number of rotatable bonds is 7. The van der Waals surface area contributed by atoms with E-state index in [9.17, 15) is 13.2 Å². The fourth-order valence-electron chi connectivity index (χ4n) is 2.40. The third-order valence-electron chi connectivity index (χ3n) is 3.88. The van der Waals surface area contributed by atoms with Gasteiger partial charge in [-0.1, -0.05) is 41.9 Å². The van der Waals surface area contributed by atoms with Crippen LogP contribution in [0, 0.1) is 0 Å². The highest BCUT2D eigenvalue weighted by molar-refractivity contribution is 7.91. The maximum Gasteiger partial charge on any atom is 0.226 e. The molecule has 0 atom stereocenters. The second-order valence-electron chi connectivity index (χ2n) is 5.87. The summed E-state index contributed by atoms with van der Waals surface area (Å²) in [4.78, 5) is 12.3. The molecule has 0 saturated carbocycles. The molecule has 1 aromatic heterocycles. The zero-order chi connectivity index (χ0) is 19.3. The summed E-state index contributed by atoms with van der Waals surface area (Å²) >= 11 is 5.78. The van der Waals surface area contributed by atoms with Crippen molar-refractivity contribution in [3.8, 4) is 5.75 Å². The minimum Gasteiger partial charge on any atom is -0.482 e. The predicted molar refractivity (Wildman–Crippen MR) is 103 cm³/mol. The highest BCUT2D eigenvalue weighted by Gasteiger charge is 2.16. The molecular formula is C20H17ClO5S. The normalized spacial score (nSPS) is 11.3. The number of aryl methyl sites for hydroxylation is 1. The van der Waals surface area contributed by atoms with Crippen LogP contribution in [0.25, 0.3) is 0 Å². The standard InChI is InChI=1S/C20H17ClO5S/c21-16-6-8-18(9-7-16)27(23,24)11-10-17-12-19(22)20(14-25-17)26-13-15-4-2-1-3-5-15/h1-9,12,14H,10-11,13H2. The molecule has 0 fully saturated rings. The molecule has 7 heteroatoms. The topological polar surface area (TPSA) is 73.6 Å². The van der Waals surface area contributed by atoms with Crippen molar-refractivity contribution in [2.75, 3.05) is 5.75 Å². The van der Waals surface area contributed by atoms with Crippen molar-refractivity contribution < 1.29 is 17.6 Å². The highest BCUT2D eigenvalue weighted by Crippen LogP contribution is 2.17. The number of hydrogen-bond donors (Lipinski definition) is 0. The summed E-state index contributed by atoms with van der Waals surface area (Å²) in [5.74, 6) is 0.190. The third kappa shape index (κ3) is 5.21.